The van der Waals surface area contributed by atoms with Gasteiger partial charge in [0.15, 0.2) is 5.67 Å². The molecule has 1 fully saturated rings. The van der Waals surface area contributed by atoms with E-state index in [0.29, 0.717) is 32.5 Å². The highest BCUT2D eigenvalue weighted by Crippen LogP contribution is 2.35. The van der Waals surface area contributed by atoms with E-state index in [2.05, 4.69) is 6.92 Å². The van der Waals surface area contributed by atoms with Gasteiger partial charge in [0, 0.05) is 26.1 Å². The smallest absolute Gasteiger partial charge is 0.259 e. The first kappa shape index (κ1) is 17.9. The van der Waals surface area contributed by atoms with Crippen LogP contribution in [0.3, 0.4) is 0 Å². The van der Waals surface area contributed by atoms with Gasteiger partial charge in [0.05, 0.1) is 0 Å². The van der Waals surface area contributed by atoms with Crippen LogP contribution in [0.4, 0.5) is 4.39 Å². The van der Waals surface area contributed by atoms with Crippen LogP contribution in [-0.4, -0.2) is 58.3 Å². The van der Waals surface area contributed by atoms with Crippen molar-refractivity contribution in [2.45, 2.75) is 71.0 Å². The molecule has 0 aromatic carbocycles. The molecule has 130 valence electrons. The van der Waals surface area contributed by atoms with Gasteiger partial charge >= 0.3 is 0 Å². The molecule has 0 N–H and O–H groups in total. The van der Waals surface area contributed by atoms with Gasteiger partial charge in [-0.15, -0.1) is 0 Å². The molecule has 0 radical (unpaired) electrons. The predicted molar refractivity (Wildman–Crippen MR) is 88.1 cm³/mol. The second-order valence-electron chi connectivity index (χ2n) is 6.98. The van der Waals surface area contributed by atoms with Crippen molar-refractivity contribution in [2.75, 3.05) is 19.6 Å². The largest absolute Gasteiger partial charge is 0.340 e. The highest BCUT2D eigenvalue weighted by Gasteiger charge is 2.50. The maximum absolute atomic E-state index is 13.8. The molecule has 6 heteroatoms. The molecule has 0 atom stereocenters. The summed E-state index contributed by atoms with van der Waals surface area (Å²) in [7, 11) is 0. The first-order valence-corrected chi connectivity index (χ1v) is 8.64. The SMILES string of the molecule is CCCCC1=NC2(CCN(C(=O)C(C)(C)F)CC2)C(=O)N1CC. The summed E-state index contributed by atoms with van der Waals surface area (Å²) in [4.78, 5) is 32.9. The van der Waals surface area contributed by atoms with E-state index in [0.717, 1.165) is 25.1 Å². The van der Waals surface area contributed by atoms with Crippen LogP contribution in [0.5, 0.6) is 0 Å². The van der Waals surface area contributed by atoms with Crippen molar-refractivity contribution in [2.24, 2.45) is 4.99 Å². The van der Waals surface area contributed by atoms with Crippen molar-refractivity contribution in [3.05, 3.63) is 0 Å². The minimum absolute atomic E-state index is 0.0534. The van der Waals surface area contributed by atoms with Crippen molar-refractivity contribution in [1.29, 1.82) is 0 Å². The number of hydrogen-bond acceptors (Lipinski definition) is 3. The lowest BCUT2D eigenvalue weighted by Crippen LogP contribution is -2.53. The van der Waals surface area contributed by atoms with Gasteiger partial charge in [-0.1, -0.05) is 13.3 Å². The third-order valence-electron chi connectivity index (χ3n) is 4.75. The summed E-state index contributed by atoms with van der Waals surface area (Å²) < 4.78 is 13.8. The Morgan fingerprint density at radius 1 is 1.30 bits per heavy atom. The number of piperidine rings is 1. The molecule has 2 amide bonds. The predicted octanol–water partition coefficient (Wildman–Crippen LogP) is 2.55. The number of unbranched alkanes of at least 4 members (excludes halogenated alkanes) is 1. The van der Waals surface area contributed by atoms with Gasteiger partial charge in [-0.3, -0.25) is 19.5 Å². The zero-order valence-corrected chi connectivity index (χ0v) is 14.7. The highest BCUT2D eigenvalue weighted by atomic mass is 19.1. The molecule has 1 saturated heterocycles. The molecule has 0 bridgehead atoms. The Kier molecular flexibility index (Phi) is 5.11. The van der Waals surface area contributed by atoms with Crippen molar-refractivity contribution < 1.29 is 14.0 Å². The van der Waals surface area contributed by atoms with Crippen molar-refractivity contribution in [3.63, 3.8) is 0 Å². The minimum atomic E-state index is -1.87. The standard InChI is InChI=1S/C17H28FN3O2/c1-5-7-8-13-19-17(15(23)21(13)6-2)9-11-20(12-10-17)14(22)16(3,4)18/h5-12H2,1-4H3. The molecule has 2 heterocycles. The normalized spacial score (nSPS) is 21.1. The Morgan fingerprint density at radius 3 is 2.39 bits per heavy atom. The Labute approximate surface area is 137 Å². The monoisotopic (exact) mass is 325 g/mol. The second kappa shape index (κ2) is 6.57. The molecule has 1 spiro atoms. The van der Waals surface area contributed by atoms with Gasteiger partial charge in [0.25, 0.3) is 11.8 Å². The lowest BCUT2D eigenvalue weighted by atomic mass is 9.87. The first-order chi connectivity index (χ1) is 10.7. The number of rotatable bonds is 5. The van der Waals surface area contributed by atoms with E-state index in [1.54, 1.807) is 4.90 Å². The number of amides is 2. The van der Waals surface area contributed by atoms with Gasteiger partial charge in [0.2, 0.25) is 0 Å². The topological polar surface area (TPSA) is 53.0 Å². The van der Waals surface area contributed by atoms with Crippen LogP contribution in [0, 0.1) is 0 Å². The summed E-state index contributed by atoms with van der Waals surface area (Å²) in [5, 5.41) is 0. The van der Waals surface area contributed by atoms with E-state index in [1.807, 2.05) is 6.92 Å². The fourth-order valence-electron chi connectivity index (χ4n) is 3.36. The van der Waals surface area contributed by atoms with E-state index in [4.69, 9.17) is 4.99 Å². The van der Waals surface area contributed by atoms with Gasteiger partial charge in [0.1, 0.15) is 11.4 Å². The molecule has 2 aliphatic heterocycles. The van der Waals surface area contributed by atoms with Crippen LogP contribution in [0.25, 0.3) is 0 Å². The Bertz CT molecular complexity index is 502. The Balaban J connectivity index is 2.11. The molecular formula is C17H28FN3O2. The van der Waals surface area contributed by atoms with Gasteiger partial charge < -0.3 is 4.90 Å². The summed E-state index contributed by atoms with van der Waals surface area (Å²) in [5.74, 6) is 0.433. The van der Waals surface area contributed by atoms with Crippen LogP contribution in [0.15, 0.2) is 4.99 Å². The number of hydrogen-bond donors (Lipinski definition) is 0. The number of aliphatic imine (C=N–C) groups is 1. The van der Waals surface area contributed by atoms with E-state index in [-0.39, 0.29) is 5.91 Å². The summed E-state index contributed by atoms with van der Waals surface area (Å²) in [6, 6.07) is 0. The number of nitrogens with zero attached hydrogens (tertiary/aromatic N) is 3. The number of likely N-dealkylation sites (tertiary alicyclic amines) is 1. The number of halogens is 1. The molecular weight excluding hydrogens is 297 g/mol. The third-order valence-corrected chi connectivity index (χ3v) is 4.75. The number of carbonyl (C=O) groups is 2. The molecule has 5 nitrogen and oxygen atoms in total. The summed E-state index contributed by atoms with van der Waals surface area (Å²) in [6.45, 7) is 8.04. The first-order valence-electron chi connectivity index (χ1n) is 8.64. The molecule has 23 heavy (non-hydrogen) atoms. The highest BCUT2D eigenvalue weighted by molar-refractivity contribution is 6.08. The fourth-order valence-corrected chi connectivity index (χ4v) is 3.36. The summed E-state index contributed by atoms with van der Waals surface area (Å²) in [5.41, 5.74) is -2.59. The quantitative estimate of drug-likeness (QED) is 0.780. The average molecular weight is 325 g/mol. The third kappa shape index (κ3) is 3.40. The molecule has 0 aromatic rings. The maximum Gasteiger partial charge on any atom is 0.259 e. The number of alkyl halides is 1. The van der Waals surface area contributed by atoms with Gasteiger partial charge in [-0.2, -0.15) is 0 Å². The Morgan fingerprint density at radius 2 is 1.91 bits per heavy atom. The summed E-state index contributed by atoms with van der Waals surface area (Å²) in [6.07, 6.45) is 3.86. The number of amidine groups is 1. The zero-order chi connectivity index (χ0) is 17.3. The maximum atomic E-state index is 13.8. The number of likely N-dealkylation sites (N-methyl/N-ethyl adjacent to an activating group) is 1. The fraction of sp³-hybridized carbons (Fsp3) is 0.824. The molecule has 0 saturated carbocycles. The van der Waals surface area contributed by atoms with Crippen LogP contribution in [-0.2, 0) is 9.59 Å². The average Bonchev–Trinajstić information content (AvgIpc) is 2.76. The van der Waals surface area contributed by atoms with E-state index >= 15 is 0 Å². The van der Waals surface area contributed by atoms with E-state index in [1.165, 1.54) is 18.7 Å². The molecule has 0 aromatic heterocycles. The summed E-state index contributed by atoms with van der Waals surface area (Å²) >= 11 is 0. The van der Waals surface area contributed by atoms with E-state index in [9.17, 15) is 14.0 Å². The van der Waals surface area contributed by atoms with Crippen LogP contribution in [0.2, 0.25) is 0 Å². The molecule has 0 aliphatic carbocycles. The van der Waals surface area contributed by atoms with Crippen LogP contribution in [0.1, 0.15) is 59.8 Å². The zero-order valence-electron chi connectivity index (χ0n) is 14.7. The molecule has 0 unspecified atom stereocenters. The van der Waals surface area contributed by atoms with Crippen molar-refractivity contribution >= 4 is 17.6 Å². The van der Waals surface area contributed by atoms with Crippen molar-refractivity contribution in [3.8, 4) is 0 Å². The minimum Gasteiger partial charge on any atom is -0.340 e. The van der Waals surface area contributed by atoms with Crippen molar-refractivity contribution in [1.82, 2.24) is 9.80 Å². The van der Waals surface area contributed by atoms with Crippen LogP contribution >= 0.6 is 0 Å². The lowest BCUT2D eigenvalue weighted by Gasteiger charge is -2.37. The molecule has 2 rings (SSSR count). The van der Waals surface area contributed by atoms with Gasteiger partial charge in [-0.25, -0.2) is 4.39 Å². The van der Waals surface area contributed by atoms with E-state index < -0.39 is 17.1 Å². The lowest BCUT2D eigenvalue weighted by molar-refractivity contribution is -0.145. The second-order valence-corrected chi connectivity index (χ2v) is 6.98. The Hall–Kier alpha value is -1.46. The van der Waals surface area contributed by atoms with Gasteiger partial charge in [-0.05, 0) is 40.0 Å². The van der Waals surface area contributed by atoms with Crippen LogP contribution < -0.4 is 0 Å². The number of carbonyl (C=O) groups excluding carboxylic acids is 2. The molecule has 2 aliphatic rings.